The molecule has 0 spiro atoms. The Bertz CT molecular complexity index is 2560. The molecule has 3 aliphatic rings. The summed E-state index contributed by atoms with van der Waals surface area (Å²) >= 11 is 0. The third kappa shape index (κ3) is 10.2. The van der Waals surface area contributed by atoms with E-state index in [9.17, 15) is 86.2 Å². The lowest BCUT2D eigenvalue weighted by Crippen LogP contribution is -2.66. The van der Waals surface area contributed by atoms with Gasteiger partial charge in [0.25, 0.3) is 0 Å². The normalized spacial score (nSPS) is 31.7. The van der Waals surface area contributed by atoms with E-state index in [-0.39, 0.29) is 11.1 Å². The van der Waals surface area contributed by atoms with Crippen molar-refractivity contribution in [1.29, 1.82) is 0 Å². The first-order valence-electron chi connectivity index (χ1n) is 20.7. The van der Waals surface area contributed by atoms with E-state index in [1.54, 1.807) is 0 Å². The maximum Gasteiger partial charge on any atom is 0.331 e. The van der Waals surface area contributed by atoms with Crippen LogP contribution in [0, 0.1) is 0 Å². The molecule has 3 saturated heterocycles. The second-order valence-electron chi connectivity index (χ2n) is 15.9. The number of aliphatic hydroxyl groups is 9. The predicted octanol–water partition coefficient (Wildman–Crippen LogP) is -3.21. The molecule has 15 atom stereocenters. The lowest BCUT2D eigenvalue weighted by atomic mass is 9.96. The smallest absolute Gasteiger partial charge is 0.331 e. The number of carbonyl (C=O) groups excluding carboxylic acids is 1. The molecule has 7 rings (SSSR count). The van der Waals surface area contributed by atoms with Gasteiger partial charge >= 0.3 is 5.97 Å². The Morgan fingerprint density at radius 3 is 1.87 bits per heavy atom. The number of methoxy groups -OCH3 is 1. The van der Waals surface area contributed by atoms with Gasteiger partial charge in [-0.2, -0.15) is 0 Å². The average molecular weight is 981 g/mol. The third-order valence-electron chi connectivity index (χ3n) is 11.4. The summed E-state index contributed by atoms with van der Waals surface area (Å²) in [6.45, 7) is -2.82. The molecule has 3 aromatic carbocycles. The fourth-order valence-electron chi connectivity index (χ4n) is 7.68. The molecule has 26 nitrogen and oxygen atoms in total. The highest BCUT2D eigenvalue weighted by molar-refractivity contribution is 5.91. The summed E-state index contributed by atoms with van der Waals surface area (Å²) in [6.07, 6.45) is -27.4. The van der Waals surface area contributed by atoms with Crippen molar-refractivity contribution in [2.24, 2.45) is 0 Å². The largest absolute Gasteiger partial charge is 0.504 e. The van der Waals surface area contributed by atoms with Crippen LogP contribution in [-0.2, 0) is 33.2 Å². The molecule has 69 heavy (non-hydrogen) atoms. The van der Waals surface area contributed by atoms with Gasteiger partial charge in [0.15, 0.2) is 58.9 Å². The van der Waals surface area contributed by atoms with Crippen molar-refractivity contribution in [1.82, 2.24) is 0 Å². The Morgan fingerprint density at radius 2 is 1.23 bits per heavy atom. The Balaban J connectivity index is 1.20. The van der Waals surface area contributed by atoms with Crippen molar-refractivity contribution in [3.05, 3.63) is 64.3 Å². The first-order valence-corrected chi connectivity index (χ1v) is 20.7. The zero-order valence-corrected chi connectivity index (χ0v) is 35.7. The first kappa shape index (κ1) is 50.8. The maximum atomic E-state index is 14.2. The first-order chi connectivity index (χ1) is 32.8. The van der Waals surface area contributed by atoms with Gasteiger partial charge in [0, 0.05) is 17.7 Å². The van der Waals surface area contributed by atoms with Crippen LogP contribution in [0.5, 0.6) is 46.0 Å². The summed E-state index contributed by atoms with van der Waals surface area (Å²) in [7, 11) is 1.07. The number of hydrogen-bond acceptors (Lipinski definition) is 26. The number of rotatable bonds is 14. The van der Waals surface area contributed by atoms with E-state index in [0.717, 1.165) is 55.7 Å². The van der Waals surface area contributed by atoms with Crippen LogP contribution >= 0.6 is 0 Å². The molecule has 3 aliphatic heterocycles. The van der Waals surface area contributed by atoms with E-state index >= 15 is 0 Å². The summed E-state index contributed by atoms with van der Waals surface area (Å²) < 4.78 is 50.9. The fraction of sp³-hybridized carbons (Fsp3) is 0.442. The Hall–Kier alpha value is -6.08. The van der Waals surface area contributed by atoms with Crippen LogP contribution in [0.3, 0.4) is 0 Å². The van der Waals surface area contributed by atoms with Crippen molar-refractivity contribution < 1.29 is 124 Å². The van der Waals surface area contributed by atoms with E-state index in [2.05, 4.69) is 0 Å². The molecule has 26 heteroatoms. The topological polar surface area (TPSA) is 425 Å². The predicted molar refractivity (Wildman–Crippen MR) is 223 cm³/mol. The Morgan fingerprint density at radius 1 is 0.638 bits per heavy atom. The highest BCUT2D eigenvalue weighted by Crippen LogP contribution is 2.45. The van der Waals surface area contributed by atoms with Gasteiger partial charge in [-0.1, -0.05) is 6.07 Å². The van der Waals surface area contributed by atoms with Crippen molar-refractivity contribution >= 4 is 23.0 Å². The molecule has 0 bridgehead atoms. The molecule has 0 amide bonds. The van der Waals surface area contributed by atoms with Crippen LogP contribution in [0.15, 0.2) is 57.8 Å². The van der Waals surface area contributed by atoms with Gasteiger partial charge in [0.1, 0.15) is 78.1 Å². The number of aliphatic hydroxyl groups excluding tert-OH is 9. The van der Waals surface area contributed by atoms with Gasteiger partial charge in [-0.15, -0.1) is 0 Å². The van der Waals surface area contributed by atoms with E-state index < -0.39 is 186 Å². The van der Waals surface area contributed by atoms with Crippen molar-refractivity contribution in [3.8, 4) is 57.3 Å². The van der Waals surface area contributed by atoms with Crippen LogP contribution in [0.2, 0.25) is 0 Å². The number of aromatic hydroxyl groups is 6. The van der Waals surface area contributed by atoms with Crippen molar-refractivity contribution in [3.63, 3.8) is 0 Å². The van der Waals surface area contributed by atoms with Gasteiger partial charge in [-0.05, 0) is 42.0 Å². The van der Waals surface area contributed by atoms with Gasteiger partial charge < -0.3 is 119 Å². The number of phenolic OH excluding ortho intramolecular Hbond substituents is 6. The van der Waals surface area contributed by atoms with E-state index in [0.29, 0.717) is 0 Å². The average Bonchev–Trinajstić information content (AvgIpc) is 3.32. The van der Waals surface area contributed by atoms with Crippen LogP contribution in [0.1, 0.15) is 5.56 Å². The highest BCUT2D eigenvalue weighted by Gasteiger charge is 2.54. The summed E-state index contributed by atoms with van der Waals surface area (Å²) in [6, 6.07) is 7.55. The van der Waals surface area contributed by atoms with Gasteiger partial charge in [-0.25, -0.2) is 4.79 Å². The molecular formula is C43H48O26. The molecule has 15 N–H and O–H groups in total. The molecule has 3 fully saturated rings. The second kappa shape index (κ2) is 20.9. The van der Waals surface area contributed by atoms with Crippen LogP contribution in [0.25, 0.3) is 28.4 Å². The number of carbonyl (C=O) groups is 1. The monoisotopic (exact) mass is 980 g/mol. The maximum absolute atomic E-state index is 14.2. The third-order valence-corrected chi connectivity index (χ3v) is 11.4. The quantitative estimate of drug-likeness (QED) is 0.0336. The number of phenols is 6. The highest BCUT2D eigenvalue weighted by atomic mass is 16.8. The van der Waals surface area contributed by atoms with E-state index in [4.69, 9.17) is 42.3 Å². The molecule has 4 aromatic rings. The standard InChI is InChI=1S/C43H48O26/c1-61-37-20(50)10-21-26(30(37)55)31(56)39(36(63-21)15-4-6-17(47)19(49)9-15)69-42-35(60)33(58)28(53)24(66-42)13-62-43-40(67-25(51)7-3-14-2-5-16(46)18(48)8-14)38(29(54)23(12-45)65-43)68-41-34(59)32(57)27(52)22(11-44)64-41/h2-10,22-24,27-29,32-35,38,40-50,52-55,57-60H,11-13H2,1H3. The zero-order valence-electron chi connectivity index (χ0n) is 35.7. The fourth-order valence-corrected chi connectivity index (χ4v) is 7.68. The van der Waals surface area contributed by atoms with E-state index in [1.165, 1.54) is 6.07 Å². The Kier molecular flexibility index (Phi) is 15.4. The SMILES string of the molecule is COc1c(O)cc2oc(-c3ccc(O)c(O)c3)c(OC3OC(COC4OC(CO)C(O)C(OC5OC(CO)C(O)C(O)C5O)C4OC(=O)C=Cc4ccc(O)c(O)c4)C(O)C(O)C3O)c(=O)c2c1O. The molecule has 0 aliphatic carbocycles. The van der Waals surface area contributed by atoms with Gasteiger partial charge in [0.05, 0.1) is 26.9 Å². The lowest BCUT2D eigenvalue weighted by molar-refractivity contribution is -0.364. The molecule has 0 saturated carbocycles. The Labute approximate surface area is 386 Å². The summed E-state index contributed by atoms with van der Waals surface area (Å²) in [4.78, 5) is 27.6. The molecule has 1 aromatic heterocycles. The van der Waals surface area contributed by atoms with Crippen molar-refractivity contribution in [2.75, 3.05) is 26.9 Å². The van der Waals surface area contributed by atoms with Gasteiger partial charge in [0.2, 0.25) is 23.2 Å². The minimum Gasteiger partial charge on any atom is -0.504 e. The summed E-state index contributed by atoms with van der Waals surface area (Å²) in [5.74, 6) is -7.09. The van der Waals surface area contributed by atoms with Crippen molar-refractivity contribution in [2.45, 2.75) is 92.1 Å². The summed E-state index contributed by atoms with van der Waals surface area (Å²) in [5, 5.41) is 157. The number of ether oxygens (including phenoxy) is 8. The molecular weight excluding hydrogens is 932 g/mol. The number of benzene rings is 3. The molecule has 15 unspecified atom stereocenters. The minimum atomic E-state index is -2.19. The molecule has 376 valence electrons. The van der Waals surface area contributed by atoms with Crippen LogP contribution in [0.4, 0.5) is 0 Å². The van der Waals surface area contributed by atoms with E-state index in [1.807, 2.05) is 0 Å². The second-order valence-corrected chi connectivity index (χ2v) is 15.9. The van der Waals surface area contributed by atoms with Crippen LogP contribution < -0.4 is 14.9 Å². The van der Waals surface area contributed by atoms with Gasteiger partial charge in [-0.3, -0.25) is 4.79 Å². The molecule has 4 heterocycles. The molecule has 0 radical (unpaired) electrons. The summed E-state index contributed by atoms with van der Waals surface area (Å²) in [5.41, 5.74) is -1.63. The number of esters is 1. The van der Waals surface area contributed by atoms with Crippen LogP contribution in [-0.4, -0.2) is 202 Å². The minimum absolute atomic E-state index is 0.160. The number of hydrogen-bond donors (Lipinski definition) is 15. The zero-order chi connectivity index (χ0) is 50.2. The lowest BCUT2D eigenvalue weighted by Gasteiger charge is -2.47. The number of fused-ring (bicyclic) bond motifs is 1.